The Balaban J connectivity index is 1.24. The lowest BCUT2D eigenvalue weighted by atomic mass is 9.63. The molecule has 1 nitrogen and oxygen atoms in total. The first-order valence-corrected chi connectivity index (χ1v) is 13.1. The minimum Gasteiger partial charge on any atom is -0.494 e. The average Bonchev–Trinajstić information content (AvgIpc) is 2.80. The molecule has 174 valence electrons. The molecule has 4 unspecified atom stereocenters. The molecule has 0 bridgehead atoms. The van der Waals surface area contributed by atoms with Crippen molar-refractivity contribution in [3.05, 3.63) is 29.3 Å². The van der Waals surface area contributed by atoms with Crippen LogP contribution in [0.1, 0.15) is 108 Å². The van der Waals surface area contributed by atoms with Gasteiger partial charge >= 0.3 is 0 Å². The molecule has 0 heterocycles. The molecule has 0 amide bonds. The standard InChI is InChI=1S/C28H42F2O/c1-3-4-19-5-7-20(8-6-19)9-10-21-11-12-23-18-24(14-13-22(23)17-21)25-15-16-26(31-2)28(30)27(25)29/h15-16,19-24H,3-14,17-18H2,1-2H3. The summed E-state index contributed by atoms with van der Waals surface area (Å²) in [5.74, 6) is 3.06. The van der Waals surface area contributed by atoms with Gasteiger partial charge < -0.3 is 4.74 Å². The molecule has 0 saturated heterocycles. The van der Waals surface area contributed by atoms with Crippen LogP contribution in [0.25, 0.3) is 0 Å². The first kappa shape index (κ1) is 23.1. The predicted octanol–water partition coefficient (Wildman–Crippen LogP) is 8.66. The first-order valence-electron chi connectivity index (χ1n) is 13.1. The highest BCUT2D eigenvalue weighted by Crippen LogP contribution is 2.49. The van der Waals surface area contributed by atoms with Gasteiger partial charge in [-0.1, -0.05) is 70.8 Å². The van der Waals surface area contributed by atoms with Gasteiger partial charge in [-0.05, 0) is 79.2 Å². The Hall–Kier alpha value is -1.12. The zero-order chi connectivity index (χ0) is 21.8. The molecule has 0 radical (unpaired) electrons. The van der Waals surface area contributed by atoms with E-state index >= 15 is 0 Å². The zero-order valence-corrected chi connectivity index (χ0v) is 19.7. The summed E-state index contributed by atoms with van der Waals surface area (Å²) >= 11 is 0. The van der Waals surface area contributed by atoms with E-state index in [0.717, 1.165) is 36.5 Å². The fourth-order valence-corrected chi connectivity index (χ4v) is 7.24. The second kappa shape index (κ2) is 10.7. The third-order valence-electron chi connectivity index (χ3n) is 9.10. The lowest BCUT2D eigenvalue weighted by Gasteiger charge is -2.43. The number of methoxy groups -OCH3 is 1. The van der Waals surface area contributed by atoms with Crippen molar-refractivity contribution >= 4 is 0 Å². The summed E-state index contributed by atoms with van der Waals surface area (Å²) in [7, 11) is 1.39. The van der Waals surface area contributed by atoms with Crippen LogP contribution in [0.15, 0.2) is 12.1 Å². The van der Waals surface area contributed by atoms with Crippen molar-refractivity contribution in [1.29, 1.82) is 0 Å². The van der Waals surface area contributed by atoms with Gasteiger partial charge in [-0.2, -0.15) is 4.39 Å². The molecule has 31 heavy (non-hydrogen) atoms. The van der Waals surface area contributed by atoms with E-state index in [9.17, 15) is 8.78 Å². The van der Waals surface area contributed by atoms with Crippen LogP contribution in [0.2, 0.25) is 0 Å². The Morgan fingerprint density at radius 3 is 2.06 bits per heavy atom. The lowest BCUT2D eigenvalue weighted by molar-refractivity contribution is 0.108. The minimum atomic E-state index is -0.824. The quantitative estimate of drug-likeness (QED) is 0.419. The highest BCUT2D eigenvalue weighted by Gasteiger charge is 2.37. The van der Waals surface area contributed by atoms with E-state index in [4.69, 9.17) is 4.74 Å². The number of hydrogen-bond acceptors (Lipinski definition) is 1. The SMILES string of the molecule is CCCC1CCC(CCC2CCC3CC(c4ccc(OC)c(F)c4F)CCC3C2)CC1. The second-order valence-electron chi connectivity index (χ2n) is 10.9. The predicted molar refractivity (Wildman–Crippen MR) is 123 cm³/mol. The van der Waals surface area contributed by atoms with Gasteiger partial charge in [0.05, 0.1) is 7.11 Å². The maximum Gasteiger partial charge on any atom is 0.200 e. The Morgan fingerprint density at radius 1 is 0.742 bits per heavy atom. The molecule has 3 aliphatic carbocycles. The van der Waals surface area contributed by atoms with E-state index in [2.05, 4.69) is 6.92 Å². The van der Waals surface area contributed by atoms with Crippen LogP contribution >= 0.6 is 0 Å². The average molecular weight is 433 g/mol. The van der Waals surface area contributed by atoms with Gasteiger partial charge in [-0.15, -0.1) is 0 Å². The van der Waals surface area contributed by atoms with E-state index in [1.54, 1.807) is 12.1 Å². The monoisotopic (exact) mass is 432 g/mol. The molecule has 0 aromatic heterocycles. The zero-order valence-electron chi connectivity index (χ0n) is 19.7. The number of rotatable bonds is 7. The van der Waals surface area contributed by atoms with Gasteiger partial charge in [0.15, 0.2) is 11.6 Å². The van der Waals surface area contributed by atoms with Crippen molar-refractivity contribution in [2.45, 2.75) is 103 Å². The third-order valence-corrected chi connectivity index (χ3v) is 9.10. The Morgan fingerprint density at radius 2 is 1.35 bits per heavy atom. The summed E-state index contributed by atoms with van der Waals surface area (Å²) in [6.45, 7) is 2.32. The van der Waals surface area contributed by atoms with Gasteiger partial charge in [0.1, 0.15) is 0 Å². The smallest absolute Gasteiger partial charge is 0.200 e. The summed E-state index contributed by atoms with van der Waals surface area (Å²) in [5, 5.41) is 0. The maximum atomic E-state index is 14.6. The number of ether oxygens (including phenoxy) is 1. The molecule has 3 heteroatoms. The molecule has 3 fully saturated rings. The van der Waals surface area contributed by atoms with Crippen molar-refractivity contribution in [2.75, 3.05) is 7.11 Å². The van der Waals surface area contributed by atoms with Crippen molar-refractivity contribution in [3.63, 3.8) is 0 Å². The fraction of sp³-hybridized carbons (Fsp3) is 0.786. The lowest BCUT2D eigenvalue weighted by Crippen LogP contribution is -2.31. The molecule has 1 aromatic carbocycles. The summed E-state index contributed by atoms with van der Waals surface area (Å²) in [5.41, 5.74) is 0.567. The first-order chi connectivity index (χ1) is 15.1. The number of halogens is 2. The molecule has 3 aliphatic rings. The molecular formula is C28H42F2O. The molecule has 0 aliphatic heterocycles. The van der Waals surface area contributed by atoms with Crippen molar-refractivity contribution < 1.29 is 13.5 Å². The molecule has 1 aromatic rings. The summed E-state index contributed by atoms with van der Waals surface area (Å²) in [6, 6.07) is 3.34. The maximum absolute atomic E-state index is 14.6. The van der Waals surface area contributed by atoms with Crippen LogP contribution in [0.4, 0.5) is 8.78 Å². The van der Waals surface area contributed by atoms with Crippen molar-refractivity contribution in [2.24, 2.45) is 29.6 Å². The van der Waals surface area contributed by atoms with Gasteiger partial charge in [0.2, 0.25) is 5.82 Å². The summed E-state index contributed by atoms with van der Waals surface area (Å²) in [4.78, 5) is 0. The van der Waals surface area contributed by atoms with Crippen LogP contribution in [0, 0.1) is 41.2 Å². The van der Waals surface area contributed by atoms with Crippen molar-refractivity contribution in [3.8, 4) is 5.75 Å². The highest BCUT2D eigenvalue weighted by molar-refractivity contribution is 5.33. The molecule has 3 saturated carbocycles. The Kier molecular flexibility index (Phi) is 7.93. The van der Waals surface area contributed by atoms with Crippen LogP contribution in [-0.4, -0.2) is 7.11 Å². The largest absolute Gasteiger partial charge is 0.494 e. The molecule has 0 spiro atoms. The molecule has 4 atom stereocenters. The van der Waals surface area contributed by atoms with Gasteiger partial charge in [0, 0.05) is 0 Å². The molecule has 4 rings (SSSR count). The number of benzene rings is 1. The van der Waals surface area contributed by atoms with Crippen molar-refractivity contribution in [1.82, 2.24) is 0 Å². The fourth-order valence-electron chi connectivity index (χ4n) is 7.24. The van der Waals surface area contributed by atoms with Crippen LogP contribution < -0.4 is 4.74 Å². The Labute approximate surface area is 188 Å². The Bertz CT molecular complexity index is 709. The summed E-state index contributed by atoms with van der Waals surface area (Å²) < 4.78 is 33.7. The van der Waals surface area contributed by atoms with Gasteiger partial charge in [-0.25, -0.2) is 4.39 Å². The minimum absolute atomic E-state index is 0.00861. The van der Waals surface area contributed by atoms with Crippen LogP contribution in [0.3, 0.4) is 0 Å². The van der Waals surface area contributed by atoms with E-state index in [-0.39, 0.29) is 11.7 Å². The second-order valence-corrected chi connectivity index (χ2v) is 10.9. The topological polar surface area (TPSA) is 9.23 Å². The van der Waals surface area contributed by atoms with Crippen LogP contribution in [-0.2, 0) is 0 Å². The third kappa shape index (κ3) is 5.45. The van der Waals surface area contributed by atoms with E-state index < -0.39 is 11.6 Å². The van der Waals surface area contributed by atoms with Crippen LogP contribution in [0.5, 0.6) is 5.75 Å². The summed E-state index contributed by atoms with van der Waals surface area (Å²) in [6.07, 6.45) is 18.7. The number of hydrogen-bond donors (Lipinski definition) is 0. The highest BCUT2D eigenvalue weighted by atomic mass is 19.2. The molecule has 0 N–H and O–H groups in total. The van der Waals surface area contributed by atoms with E-state index in [1.807, 2.05) is 0 Å². The number of fused-ring (bicyclic) bond motifs is 1. The van der Waals surface area contributed by atoms with Gasteiger partial charge in [0.25, 0.3) is 0 Å². The van der Waals surface area contributed by atoms with E-state index in [1.165, 1.54) is 84.2 Å². The van der Waals surface area contributed by atoms with E-state index in [0.29, 0.717) is 11.5 Å². The normalized spacial score (nSPS) is 33.7. The molecular weight excluding hydrogens is 390 g/mol. The van der Waals surface area contributed by atoms with Gasteiger partial charge in [-0.3, -0.25) is 0 Å².